The Bertz CT molecular complexity index is 731. The number of rotatable bonds is 2. The van der Waals surface area contributed by atoms with E-state index in [1.54, 1.807) is 0 Å². The van der Waals surface area contributed by atoms with Crippen molar-refractivity contribution in [2.75, 3.05) is 0 Å². The Morgan fingerprint density at radius 1 is 0.522 bits per heavy atom. The SMILES string of the molecule is CC1(C)C(c2ccccc2)c2ccccc2C1c1ccccc1. The summed E-state index contributed by atoms with van der Waals surface area (Å²) in [7, 11) is 0. The van der Waals surface area contributed by atoms with Gasteiger partial charge in [-0.3, -0.25) is 0 Å². The molecule has 3 aromatic carbocycles. The summed E-state index contributed by atoms with van der Waals surface area (Å²) < 4.78 is 0. The van der Waals surface area contributed by atoms with Gasteiger partial charge in [-0.1, -0.05) is 98.8 Å². The van der Waals surface area contributed by atoms with Crippen LogP contribution in [0.3, 0.4) is 0 Å². The summed E-state index contributed by atoms with van der Waals surface area (Å²) >= 11 is 0. The van der Waals surface area contributed by atoms with Crippen LogP contribution in [0.25, 0.3) is 0 Å². The highest BCUT2D eigenvalue weighted by Gasteiger charge is 2.47. The first kappa shape index (κ1) is 14.3. The lowest BCUT2D eigenvalue weighted by Gasteiger charge is -2.34. The zero-order valence-corrected chi connectivity index (χ0v) is 13.7. The van der Waals surface area contributed by atoms with E-state index in [0.29, 0.717) is 11.8 Å². The molecular formula is C23H22. The Labute approximate surface area is 138 Å². The summed E-state index contributed by atoms with van der Waals surface area (Å²) in [6.45, 7) is 4.84. The first-order valence-electron chi connectivity index (χ1n) is 8.38. The molecule has 23 heavy (non-hydrogen) atoms. The van der Waals surface area contributed by atoms with Gasteiger partial charge in [0.1, 0.15) is 0 Å². The molecule has 0 bridgehead atoms. The largest absolute Gasteiger partial charge is 0.0622 e. The highest BCUT2D eigenvalue weighted by atomic mass is 14.5. The molecule has 0 N–H and O–H groups in total. The first-order chi connectivity index (χ1) is 11.2. The minimum Gasteiger partial charge on any atom is -0.0622 e. The van der Waals surface area contributed by atoms with Crippen LogP contribution in [0.4, 0.5) is 0 Å². The predicted molar refractivity (Wildman–Crippen MR) is 96.8 cm³/mol. The smallest absolute Gasteiger partial charge is 0.0152 e. The second kappa shape index (κ2) is 5.38. The molecule has 0 spiro atoms. The third-order valence-corrected chi connectivity index (χ3v) is 5.37. The molecule has 0 fully saturated rings. The quantitative estimate of drug-likeness (QED) is 0.545. The highest BCUT2D eigenvalue weighted by molar-refractivity contribution is 5.52. The van der Waals surface area contributed by atoms with Gasteiger partial charge in [0.15, 0.2) is 0 Å². The molecule has 2 unspecified atom stereocenters. The summed E-state index contributed by atoms with van der Waals surface area (Å²) in [6, 6.07) is 30.9. The number of hydrogen-bond acceptors (Lipinski definition) is 0. The summed E-state index contributed by atoms with van der Waals surface area (Å²) in [6.07, 6.45) is 0. The van der Waals surface area contributed by atoms with E-state index in [4.69, 9.17) is 0 Å². The number of benzene rings is 3. The second-order valence-corrected chi connectivity index (χ2v) is 7.14. The van der Waals surface area contributed by atoms with Crippen LogP contribution in [0.2, 0.25) is 0 Å². The van der Waals surface area contributed by atoms with E-state index in [1.165, 1.54) is 22.3 Å². The zero-order chi connectivity index (χ0) is 15.9. The van der Waals surface area contributed by atoms with E-state index in [9.17, 15) is 0 Å². The Balaban J connectivity index is 1.93. The summed E-state index contributed by atoms with van der Waals surface area (Å²) in [5.41, 5.74) is 5.95. The van der Waals surface area contributed by atoms with Crippen molar-refractivity contribution < 1.29 is 0 Å². The van der Waals surface area contributed by atoms with Gasteiger partial charge >= 0.3 is 0 Å². The van der Waals surface area contributed by atoms with Gasteiger partial charge in [-0.05, 0) is 27.7 Å². The van der Waals surface area contributed by atoms with Crippen molar-refractivity contribution in [2.24, 2.45) is 5.41 Å². The van der Waals surface area contributed by atoms with Crippen molar-refractivity contribution in [2.45, 2.75) is 25.7 Å². The molecule has 4 rings (SSSR count). The Morgan fingerprint density at radius 3 is 1.26 bits per heavy atom. The molecule has 2 atom stereocenters. The normalized spacial score (nSPS) is 21.8. The van der Waals surface area contributed by atoms with Crippen LogP contribution in [-0.4, -0.2) is 0 Å². The van der Waals surface area contributed by atoms with Gasteiger partial charge < -0.3 is 0 Å². The molecule has 0 aromatic heterocycles. The predicted octanol–water partition coefficient (Wildman–Crippen LogP) is 5.99. The maximum Gasteiger partial charge on any atom is 0.0152 e. The van der Waals surface area contributed by atoms with Gasteiger partial charge in [-0.25, -0.2) is 0 Å². The van der Waals surface area contributed by atoms with Gasteiger partial charge in [-0.2, -0.15) is 0 Å². The molecule has 0 heterocycles. The lowest BCUT2D eigenvalue weighted by atomic mass is 9.69. The van der Waals surface area contributed by atoms with Crippen LogP contribution in [-0.2, 0) is 0 Å². The minimum atomic E-state index is 0.145. The van der Waals surface area contributed by atoms with Crippen molar-refractivity contribution >= 4 is 0 Å². The second-order valence-electron chi connectivity index (χ2n) is 7.14. The van der Waals surface area contributed by atoms with Crippen molar-refractivity contribution in [3.63, 3.8) is 0 Å². The van der Waals surface area contributed by atoms with Crippen LogP contribution in [0.15, 0.2) is 84.9 Å². The van der Waals surface area contributed by atoms with Gasteiger partial charge in [0.25, 0.3) is 0 Å². The standard InChI is InChI=1S/C23H22/c1-23(2)21(17-11-5-3-6-12-17)19-15-9-10-16-20(19)22(23)18-13-7-4-8-14-18/h3-16,21-22H,1-2H3. The summed E-state index contributed by atoms with van der Waals surface area (Å²) in [5, 5.41) is 0. The van der Waals surface area contributed by atoms with Crippen LogP contribution in [0, 0.1) is 5.41 Å². The molecular weight excluding hydrogens is 276 g/mol. The molecule has 0 saturated carbocycles. The monoisotopic (exact) mass is 298 g/mol. The first-order valence-corrected chi connectivity index (χ1v) is 8.38. The van der Waals surface area contributed by atoms with Crippen molar-refractivity contribution in [1.82, 2.24) is 0 Å². The van der Waals surface area contributed by atoms with Crippen molar-refractivity contribution in [3.05, 3.63) is 107 Å². The molecule has 3 aromatic rings. The van der Waals surface area contributed by atoms with Gasteiger partial charge in [0.2, 0.25) is 0 Å². The van der Waals surface area contributed by atoms with Gasteiger partial charge in [0.05, 0.1) is 0 Å². The fraction of sp³-hybridized carbons (Fsp3) is 0.217. The summed E-state index contributed by atoms with van der Waals surface area (Å²) in [4.78, 5) is 0. The van der Waals surface area contributed by atoms with Crippen molar-refractivity contribution in [3.8, 4) is 0 Å². The molecule has 1 aliphatic carbocycles. The van der Waals surface area contributed by atoms with E-state index in [2.05, 4.69) is 98.8 Å². The summed E-state index contributed by atoms with van der Waals surface area (Å²) in [5.74, 6) is 0.871. The number of hydrogen-bond donors (Lipinski definition) is 0. The topological polar surface area (TPSA) is 0 Å². The maximum absolute atomic E-state index is 2.42. The Hall–Kier alpha value is -2.34. The molecule has 0 nitrogen and oxygen atoms in total. The third-order valence-electron chi connectivity index (χ3n) is 5.37. The molecule has 0 saturated heterocycles. The Morgan fingerprint density at radius 2 is 0.870 bits per heavy atom. The minimum absolute atomic E-state index is 0.145. The van der Waals surface area contributed by atoms with Crippen LogP contribution in [0.1, 0.15) is 47.9 Å². The molecule has 114 valence electrons. The van der Waals surface area contributed by atoms with E-state index >= 15 is 0 Å². The van der Waals surface area contributed by atoms with Crippen LogP contribution >= 0.6 is 0 Å². The van der Waals surface area contributed by atoms with E-state index < -0.39 is 0 Å². The van der Waals surface area contributed by atoms with Gasteiger partial charge in [-0.15, -0.1) is 0 Å². The molecule has 0 radical (unpaired) electrons. The molecule has 1 aliphatic rings. The van der Waals surface area contributed by atoms with E-state index in [0.717, 1.165) is 0 Å². The van der Waals surface area contributed by atoms with Crippen LogP contribution in [0.5, 0.6) is 0 Å². The maximum atomic E-state index is 2.42. The fourth-order valence-corrected chi connectivity index (χ4v) is 4.51. The lowest BCUT2D eigenvalue weighted by Crippen LogP contribution is -2.24. The van der Waals surface area contributed by atoms with E-state index in [1.807, 2.05) is 0 Å². The molecule has 0 amide bonds. The van der Waals surface area contributed by atoms with Gasteiger partial charge in [0, 0.05) is 11.8 Å². The van der Waals surface area contributed by atoms with E-state index in [-0.39, 0.29) is 5.41 Å². The van der Waals surface area contributed by atoms with Crippen molar-refractivity contribution in [1.29, 1.82) is 0 Å². The lowest BCUT2D eigenvalue weighted by molar-refractivity contribution is 0.308. The highest BCUT2D eigenvalue weighted by Crippen LogP contribution is 2.59. The average molecular weight is 298 g/mol. The molecule has 0 aliphatic heterocycles. The molecule has 0 heteroatoms. The number of fused-ring (bicyclic) bond motifs is 1. The average Bonchev–Trinajstić information content (AvgIpc) is 2.82. The Kier molecular flexibility index (Phi) is 3.34. The third kappa shape index (κ3) is 2.21. The van der Waals surface area contributed by atoms with Crippen LogP contribution < -0.4 is 0 Å². The zero-order valence-electron chi connectivity index (χ0n) is 13.7. The fourth-order valence-electron chi connectivity index (χ4n) is 4.51.